The van der Waals surface area contributed by atoms with Gasteiger partial charge in [0.2, 0.25) is 5.82 Å². The molecule has 1 amide bonds. The van der Waals surface area contributed by atoms with E-state index < -0.39 is 0 Å². The van der Waals surface area contributed by atoms with Crippen LogP contribution < -0.4 is 5.32 Å². The Morgan fingerprint density at radius 2 is 2.22 bits per heavy atom. The molecule has 18 heavy (non-hydrogen) atoms. The molecular weight excluding hydrogens is 232 g/mol. The number of H-pyrrole nitrogens is 1. The van der Waals surface area contributed by atoms with Crippen molar-refractivity contribution >= 4 is 5.91 Å². The minimum Gasteiger partial charge on any atom is -0.379 e. The van der Waals surface area contributed by atoms with Gasteiger partial charge in [-0.3, -0.25) is 9.89 Å². The van der Waals surface area contributed by atoms with E-state index in [2.05, 4.69) is 20.5 Å². The Balaban J connectivity index is 1.36. The van der Waals surface area contributed by atoms with Crippen LogP contribution >= 0.6 is 0 Å². The molecule has 0 radical (unpaired) electrons. The lowest BCUT2D eigenvalue weighted by Crippen LogP contribution is -2.28. The van der Waals surface area contributed by atoms with Gasteiger partial charge in [-0.05, 0) is 31.6 Å². The standard InChI is InChI=1S/C12H18N4O2/c17-12(13-5-6-18-7-8-1-2-8)11-14-10(15-16-11)9-3-4-9/h8-9H,1-7H2,(H,13,17)(H,14,15,16). The zero-order chi connectivity index (χ0) is 12.4. The number of aromatic nitrogens is 3. The average molecular weight is 250 g/mol. The molecule has 1 aromatic rings. The molecule has 2 aliphatic carbocycles. The first kappa shape index (κ1) is 11.6. The molecule has 0 saturated heterocycles. The van der Waals surface area contributed by atoms with Crippen LogP contribution in [0.25, 0.3) is 0 Å². The molecule has 3 rings (SSSR count). The first-order valence-electron chi connectivity index (χ1n) is 6.61. The summed E-state index contributed by atoms with van der Waals surface area (Å²) in [4.78, 5) is 15.9. The molecule has 1 aromatic heterocycles. The normalized spacial score (nSPS) is 18.9. The van der Waals surface area contributed by atoms with Crippen LogP contribution in [-0.2, 0) is 4.74 Å². The van der Waals surface area contributed by atoms with Gasteiger partial charge in [-0.25, -0.2) is 4.98 Å². The molecule has 6 nitrogen and oxygen atoms in total. The highest BCUT2D eigenvalue weighted by Gasteiger charge is 2.28. The SMILES string of the molecule is O=C(NCCOCC1CC1)c1n[nH]c(C2CC2)n1. The Morgan fingerprint density at radius 3 is 2.94 bits per heavy atom. The summed E-state index contributed by atoms with van der Waals surface area (Å²) in [7, 11) is 0. The summed E-state index contributed by atoms with van der Waals surface area (Å²) in [6.07, 6.45) is 4.86. The minimum atomic E-state index is -0.229. The summed E-state index contributed by atoms with van der Waals surface area (Å²) in [5.41, 5.74) is 0. The smallest absolute Gasteiger partial charge is 0.291 e. The Hall–Kier alpha value is -1.43. The fourth-order valence-electron chi connectivity index (χ4n) is 1.77. The number of ether oxygens (including phenoxy) is 1. The van der Waals surface area contributed by atoms with Gasteiger partial charge in [0, 0.05) is 19.1 Å². The highest BCUT2D eigenvalue weighted by Crippen LogP contribution is 2.37. The van der Waals surface area contributed by atoms with Crippen LogP contribution in [0.4, 0.5) is 0 Å². The van der Waals surface area contributed by atoms with Crippen molar-refractivity contribution in [2.45, 2.75) is 31.6 Å². The molecule has 0 atom stereocenters. The summed E-state index contributed by atoms with van der Waals surface area (Å²) in [6, 6.07) is 0. The van der Waals surface area contributed by atoms with Gasteiger partial charge in [-0.1, -0.05) is 0 Å². The molecule has 2 aliphatic rings. The van der Waals surface area contributed by atoms with Crippen molar-refractivity contribution in [2.75, 3.05) is 19.8 Å². The molecule has 2 fully saturated rings. The van der Waals surface area contributed by atoms with E-state index in [4.69, 9.17) is 4.74 Å². The zero-order valence-electron chi connectivity index (χ0n) is 10.3. The summed E-state index contributed by atoms with van der Waals surface area (Å²) in [5.74, 6) is 2.09. The van der Waals surface area contributed by atoms with Gasteiger partial charge in [0.1, 0.15) is 5.82 Å². The number of rotatable bonds is 7. The predicted octanol–water partition coefficient (Wildman–Crippen LogP) is 0.838. The summed E-state index contributed by atoms with van der Waals surface area (Å²) < 4.78 is 5.43. The Kier molecular flexibility index (Phi) is 3.27. The van der Waals surface area contributed by atoms with Crippen LogP contribution in [-0.4, -0.2) is 40.8 Å². The molecule has 2 saturated carbocycles. The summed E-state index contributed by atoms with van der Waals surface area (Å²) in [5, 5.41) is 9.50. The monoisotopic (exact) mass is 250 g/mol. The number of amides is 1. The number of carbonyl (C=O) groups excluding carboxylic acids is 1. The van der Waals surface area contributed by atoms with E-state index in [0.29, 0.717) is 19.1 Å². The van der Waals surface area contributed by atoms with Gasteiger partial charge in [-0.2, -0.15) is 0 Å². The Bertz CT molecular complexity index is 423. The lowest BCUT2D eigenvalue weighted by atomic mass is 10.4. The third kappa shape index (κ3) is 3.07. The quantitative estimate of drug-likeness (QED) is 0.703. The first-order valence-corrected chi connectivity index (χ1v) is 6.61. The molecule has 6 heteroatoms. The van der Waals surface area contributed by atoms with Gasteiger partial charge < -0.3 is 10.1 Å². The van der Waals surface area contributed by atoms with Gasteiger partial charge >= 0.3 is 0 Å². The van der Waals surface area contributed by atoms with Crippen molar-refractivity contribution in [1.82, 2.24) is 20.5 Å². The van der Waals surface area contributed by atoms with Crippen molar-refractivity contribution < 1.29 is 9.53 Å². The lowest BCUT2D eigenvalue weighted by molar-refractivity contribution is 0.0897. The largest absolute Gasteiger partial charge is 0.379 e. The van der Waals surface area contributed by atoms with Gasteiger partial charge in [0.05, 0.1) is 6.61 Å². The fourth-order valence-corrected chi connectivity index (χ4v) is 1.77. The van der Waals surface area contributed by atoms with Crippen LogP contribution in [0, 0.1) is 5.92 Å². The van der Waals surface area contributed by atoms with Crippen molar-refractivity contribution in [1.29, 1.82) is 0 Å². The first-order chi connectivity index (χ1) is 8.83. The maximum Gasteiger partial charge on any atom is 0.291 e. The van der Waals surface area contributed by atoms with Crippen molar-refractivity contribution in [3.8, 4) is 0 Å². The van der Waals surface area contributed by atoms with E-state index in [1.807, 2.05) is 0 Å². The average Bonchev–Trinajstić information content (AvgIpc) is 3.29. The van der Waals surface area contributed by atoms with Crippen LogP contribution in [0.5, 0.6) is 0 Å². The van der Waals surface area contributed by atoms with Crippen LogP contribution in [0.15, 0.2) is 0 Å². The van der Waals surface area contributed by atoms with E-state index in [1.165, 1.54) is 12.8 Å². The van der Waals surface area contributed by atoms with E-state index in [-0.39, 0.29) is 11.7 Å². The molecule has 1 heterocycles. The number of nitrogens with one attached hydrogen (secondary N) is 2. The van der Waals surface area contributed by atoms with Crippen LogP contribution in [0.2, 0.25) is 0 Å². The van der Waals surface area contributed by atoms with E-state index in [0.717, 1.165) is 31.2 Å². The Morgan fingerprint density at radius 1 is 1.39 bits per heavy atom. The second-order valence-electron chi connectivity index (χ2n) is 5.09. The number of hydrogen-bond donors (Lipinski definition) is 2. The van der Waals surface area contributed by atoms with Gasteiger partial charge in [0.25, 0.3) is 5.91 Å². The minimum absolute atomic E-state index is 0.229. The number of aromatic amines is 1. The molecule has 0 aromatic carbocycles. The summed E-state index contributed by atoms with van der Waals surface area (Å²) in [6.45, 7) is 1.89. The summed E-state index contributed by atoms with van der Waals surface area (Å²) >= 11 is 0. The number of hydrogen-bond acceptors (Lipinski definition) is 4. The van der Waals surface area contributed by atoms with E-state index >= 15 is 0 Å². The molecule has 0 unspecified atom stereocenters. The lowest BCUT2D eigenvalue weighted by Gasteiger charge is -2.03. The van der Waals surface area contributed by atoms with E-state index in [1.54, 1.807) is 0 Å². The van der Waals surface area contributed by atoms with Crippen LogP contribution in [0.1, 0.15) is 48.0 Å². The van der Waals surface area contributed by atoms with Gasteiger partial charge in [-0.15, -0.1) is 5.10 Å². The molecule has 98 valence electrons. The second kappa shape index (κ2) is 5.06. The maximum absolute atomic E-state index is 11.7. The van der Waals surface area contributed by atoms with Crippen LogP contribution in [0.3, 0.4) is 0 Å². The molecular formula is C12H18N4O2. The molecule has 0 bridgehead atoms. The molecule has 0 aliphatic heterocycles. The van der Waals surface area contributed by atoms with Crippen molar-refractivity contribution in [3.05, 3.63) is 11.6 Å². The third-order valence-electron chi connectivity index (χ3n) is 3.25. The second-order valence-corrected chi connectivity index (χ2v) is 5.09. The van der Waals surface area contributed by atoms with E-state index in [9.17, 15) is 4.79 Å². The van der Waals surface area contributed by atoms with Crippen molar-refractivity contribution in [2.24, 2.45) is 5.92 Å². The topological polar surface area (TPSA) is 79.9 Å². The Labute approximate surface area is 106 Å². The predicted molar refractivity (Wildman–Crippen MR) is 64.2 cm³/mol. The highest BCUT2D eigenvalue weighted by atomic mass is 16.5. The fraction of sp³-hybridized carbons (Fsp3) is 0.750. The maximum atomic E-state index is 11.7. The number of carbonyl (C=O) groups is 1. The molecule has 2 N–H and O–H groups in total. The molecule has 0 spiro atoms. The van der Waals surface area contributed by atoms with Gasteiger partial charge in [0.15, 0.2) is 0 Å². The number of nitrogens with zero attached hydrogens (tertiary/aromatic N) is 2. The zero-order valence-corrected chi connectivity index (χ0v) is 10.3. The third-order valence-corrected chi connectivity index (χ3v) is 3.25. The highest BCUT2D eigenvalue weighted by molar-refractivity contribution is 5.90. The van der Waals surface area contributed by atoms with Crippen molar-refractivity contribution in [3.63, 3.8) is 0 Å².